The summed E-state index contributed by atoms with van der Waals surface area (Å²) in [7, 11) is -4.41. The van der Waals surface area contributed by atoms with Crippen molar-refractivity contribution in [2.24, 2.45) is 5.73 Å². The Morgan fingerprint density at radius 1 is 1.13 bits per heavy atom. The van der Waals surface area contributed by atoms with Gasteiger partial charge in [-0.3, -0.25) is 9.35 Å². The number of amides is 1. The lowest BCUT2D eigenvalue weighted by Crippen LogP contribution is -2.36. The Hall–Kier alpha value is -4.00. The third-order valence-electron chi connectivity index (χ3n) is 6.59. The van der Waals surface area contributed by atoms with Gasteiger partial charge >= 0.3 is 0 Å². The fourth-order valence-corrected chi connectivity index (χ4v) is 5.62. The number of morpholine rings is 1. The summed E-state index contributed by atoms with van der Waals surface area (Å²) in [5, 5.41) is 6.64. The van der Waals surface area contributed by atoms with Crippen LogP contribution in [0.4, 0.5) is 17.3 Å². The summed E-state index contributed by atoms with van der Waals surface area (Å²) in [5.41, 5.74) is 9.55. The van der Waals surface area contributed by atoms with Crippen LogP contribution in [0, 0.1) is 0 Å². The van der Waals surface area contributed by atoms with E-state index in [0.29, 0.717) is 41.5 Å². The SMILES string of the molecule is CCC(c1ccc(C(N)=O)cc1-c1ccc2cnc(Nc3ccc(N4CCOCC4)cc3)nn12)S(=O)(=O)O. The van der Waals surface area contributed by atoms with E-state index in [4.69, 9.17) is 10.5 Å². The number of hydrogen-bond donors (Lipinski definition) is 3. The molecular weight excluding hydrogens is 508 g/mol. The highest BCUT2D eigenvalue weighted by Gasteiger charge is 2.27. The van der Waals surface area contributed by atoms with Crippen LogP contribution in [0.25, 0.3) is 16.8 Å². The van der Waals surface area contributed by atoms with Crippen LogP contribution in [0.15, 0.2) is 60.8 Å². The zero-order chi connectivity index (χ0) is 26.9. The Balaban J connectivity index is 1.51. The molecule has 1 saturated heterocycles. The minimum absolute atomic E-state index is 0.132. The highest BCUT2D eigenvalue weighted by molar-refractivity contribution is 7.86. The zero-order valence-electron chi connectivity index (χ0n) is 20.7. The van der Waals surface area contributed by atoms with Gasteiger partial charge in [-0.25, -0.2) is 9.50 Å². The second-order valence-corrected chi connectivity index (χ2v) is 10.6. The lowest BCUT2D eigenvalue weighted by molar-refractivity contribution is 0.1000. The number of anilines is 3. The number of nitrogens with one attached hydrogen (secondary N) is 1. The van der Waals surface area contributed by atoms with Crippen LogP contribution in [-0.4, -0.2) is 59.8 Å². The van der Waals surface area contributed by atoms with E-state index in [-0.39, 0.29) is 12.0 Å². The molecule has 2 aromatic heterocycles. The van der Waals surface area contributed by atoms with E-state index in [0.717, 1.165) is 24.5 Å². The summed E-state index contributed by atoms with van der Waals surface area (Å²) >= 11 is 0. The van der Waals surface area contributed by atoms with E-state index in [1.54, 1.807) is 29.8 Å². The first-order chi connectivity index (χ1) is 18.2. The molecule has 1 amide bonds. The van der Waals surface area contributed by atoms with Crippen molar-refractivity contribution in [2.45, 2.75) is 18.6 Å². The molecule has 198 valence electrons. The first-order valence-corrected chi connectivity index (χ1v) is 13.7. The molecule has 1 aliphatic rings. The molecule has 0 spiro atoms. The molecule has 0 bridgehead atoms. The number of benzene rings is 2. The maximum Gasteiger partial charge on any atom is 0.272 e. The normalized spacial score (nSPS) is 14.9. The third kappa shape index (κ3) is 5.19. The smallest absolute Gasteiger partial charge is 0.272 e. The van der Waals surface area contributed by atoms with Gasteiger partial charge in [0.1, 0.15) is 5.25 Å². The van der Waals surface area contributed by atoms with Crippen molar-refractivity contribution < 1.29 is 22.5 Å². The van der Waals surface area contributed by atoms with E-state index >= 15 is 0 Å². The van der Waals surface area contributed by atoms with Crippen molar-refractivity contribution in [2.75, 3.05) is 36.5 Å². The number of ether oxygens (including phenoxy) is 1. The van der Waals surface area contributed by atoms with Gasteiger partial charge in [0, 0.05) is 35.6 Å². The molecule has 1 aliphatic heterocycles. The Kier molecular flexibility index (Phi) is 7.02. The molecule has 1 unspecified atom stereocenters. The summed E-state index contributed by atoms with van der Waals surface area (Å²) in [6.45, 7) is 4.77. The van der Waals surface area contributed by atoms with Crippen molar-refractivity contribution in [3.8, 4) is 11.3 Å². The van der Waals surface area contributed by atoms with Gasteiger partial charge in [-0.05, 0) is 60.5 Å². The van der Waals surface area contributed by atoms with Gasteiger partial charge in [-0.2, -0.15) is 8.42 Å². The molecule has 4 N–H and O–H groups in total. The standard InChI is InChI=1S/C26H28N6O5S/c1-2-24(38(34,35)36)21-9-3-17(25(27)33)15-22(21)23-10-8-20-16-28-26(30-32(20)23)29-18-4-6-19(7-5-18)31-11-13-37-14-12-31/h3-10,15-16,24H,2,11-14H2,1H3,(H2,27,33)(H,29,30)(H,34,35,36). The molecular formula is C26H28N6O5S. The zero-order valence-corrected chi connectivity index (χ0v) is 21.6. The molecule has 1 fully saturated rings. The maximum atomic E-state index is 12.2. The number of carbonyl (C=O) groups is 1. The Labute approximate surface area is 220 Å². The van der Waals surface area contributed by atoms with E-state index in [1.165, 1.54) is 18.2 Å². The third-order valence-corrected chi connectivity index (χ3v) is 7.90. The van der Waals surface area contributed by atoms with E-state index < -0.39 is 21.3 Å². The van der Waals surface area contributed by atoms with Crippen molar-refractivity contribution in [1.82, 2.24) is 14.6 Å². The molecule has 12 heteroatoms. The second kappa shape index (κ2) is 10.4. The van der Waals surface area contributed by atoms with Crippen LogP contribution in [0.3, 0.4) is 0 Å². The van der Waals surface area contributed by atoms with Gasteiger partial charge in [0.25, 0.3) is 10.1 Å². The summed E-state index contributed by atoms with van der Waals surface area (Å²) in [6.07, 6.45) is 1.77. The number of carbonyl (C=O) groups excluding carboxylic acids is 1. The molecule has 5 rings (SSSR count). The molecule has 4 aromatic rings. The summed E-state index contributed by atoms with van der Waals surface area (Å²) < 4.78 is 41.2. The van der Waals surface area contributed by atoms with Gasteiger partial charge in [-0.15, -0.1) is 5.10 Å². The van der Waals surface area contributed by atoms with Crippen LogP contribution in [0.2, 0.25) is 0 Å². The Bertz CT molecular complexity index is 1580. The number of rotatable bonds is 8. The largest absolute Gasteiger partial charge is 0.378 e. The highest BCUT2D eigenvalue weighted by atomic mass is 32.2. The summed E-state index contributed by atoms with van der Waals surface area (Å²) in [6, 6.07) is 16.0. The molecule has 0 radical (unpaired) electrons. The second-order valence-electron chi connectivity index (χ2n) is 8.99. The van der Waals surface area contributed by atoms with Crippen molar-refractivity contribution in [3.05, 3.63) is 71.9 Å². The molecule has 2 aromatic carbocycles. The number of hydrogen-bond acceptors (Lipinski definition) is 8. The maximum absolute atomic E-state index is 12.2. The van der Waals surface area contributed by atoms with E-state index in [1.807, 2.05) is 24.3 Å². The fraction of sp³-hybridized carbons (Fsp3) is 0.269. The van der Waals surface area contributed by atoms with E-state index in [2.05, 4.69) is 20.3 Å². The molecule has 3 heterocycles. The van der Waals surface area contributed by atoms with Gasteiger partial charge < -0.3 is 20.7 Å². The predicted octanol–water partition coefficient (Wildman–Crippen LogP) is 3.41. The monoisotopic (exact) mass is 536 g/mol. The first-order valence-electron chi connectivity index (χ1n) is 12.2. The molecule has 38 heavy (non-hydrogen) atoms. The number of nitrogens with two attached hydrogens (primary N) is 1. The van der Waals surface area contributed by atoms with Crippen LogP contribution in [0.1, 0.15) is 34.5 Å². The van der Waals surface area contributed by atoms with Crippen LogP contribution >= 0.6 is 0 Å². The number of fused-ring (bicyclic) bond motifs is 1. The molecule has 11 nitrogen and oxygen atoms in total. The number of primary amides is 1. The minimum atomic E-state index is -4.41. The quantitative estimate of drug-likeness (QED) is 0.288. The lowest BCUT2D eigenvalue weighted by atomic mass is 9.97. The van der Waals surface area contributed by atoms with Crippen LogP contribution in [0.5, 0.6) is 0 Å². The highest BCUT2D eigenvalue weighted by Crippen LogP contribution is 2.35. The van der Waals surface area contributed by atoms with Crippen LogP contribution in [-0.2, 0) is 14.9 Å². The fourth-order valence-electron chi connectivity index (χ4n) is 4.67. The van der Waals surface area contributed by atoms with E-state index in [9.17, 15) is 17.8 Å². The first kappa shape index (κ1) is 25.6. The van der Waals surface area contributed by atoms with Crippen molar-refractivity contribution >= 4 is 38.9 Å². The number of nitrogens with zero attached hydrogens (tertiary/aromatic N) is 4. The summed E-state index contributed by atoms with van der Waals surface area (Å²) in [4.78, 5) is 18.6. The van der Waals surface area contributed by atoms with Gasteiger partial charge in [0.05, 0.1) is 30.6 Å². The van der Waals surface area contributed by atoms with Crippen molar-refractivity contribution in [3.63, 3.8) is 0 Å². The predicted molar refractivity (Wildman–Crippen MR) is 144 cm³/mol. The molecule has 0 saturated carbocycles. The van der Waals surface area contributed by atoms with Crippen LogP contribution < -0.4 is 16.0 Å². The van der Waals surface area contributed by atoms with Gasteiger partial charge in [0.15, 0.2) is 0 Å². The van der Waals surface area contributed by atoms with Gasteiger partial charge in [-0.1, -0.05) is 13.0 Å². The lowest BCUT2D eigenvalue weighted by Gasteiger charge is -2.28. The average molecular weight is 537 g/mol. The average Bonchev–Trinajstić information content (AvgIpc) is 3.32. The number of aromatic nitrogens is 3. The Morgan fingerprint density at radius 3 is 2.53 bits per heavy atom. The van der Waals surface area contributed by atoms with Crippen molar-refractivity contribution in [1.29, 1.82) is 0 Å². The summed E-state index contributed by atoms with van der Waals surface area (Å²) in [5.74, 6) is -0.334. The molecule has 1 atom stereocenters. The topological polar surface area (TPSA) is 152 Å². The molecule has 0 aliphatic carbocycles. The van der Waals surface area contributed by atoms with Gasteiger partial charge in [0.2, 0.25) is 11.9 Å². The minimum Gasteiger partial charge on any atom is -0.378 e. The Morgan fingerprint density at radius 2 is 1.87 bits per heavy atom.